The van der Waals surface area contributed by atoms with Gasteiger partial charge in [0.1, 0.15) is 19.8 Å². The van der Waals surface area contributed by atoms with Crippen LogP contribution in [0.25, 0.3) is 0 Å². The Morgan fingerprint density at radius 3 is 2.34 bits per heavy atom. The highest BCUT2D eigenvalue weighted by Crippen LogP contribution is 2.35. The lowest BCUT2D eigenvalue weighted by atomic mass is 10.1. The van der Waals surface area contributed by atoms with Crippen molar-refractivity contribution in [3.8, 4) is 11.5 Å². The van der Waals surface area contributed by atoms with Crippen molar-refractivity contribution in [3.05, 3.63) is 83.9 Å². The van der Waals surface area contributed by atoms with Gasteiger partial charge in [-0.15, -0.1) is 0 Å². The molecule has 0 aromatic heterocycles. The van der Waals surface area contributed by atoms with E-state index in [9.17, 15) is 13.2 Å². The molecule has 0 bridgehead atoms. The summed E-state index contributed by atoms with van der Waals surface area (Å²) >= 11 is 0. The Morgan fingerprint density at radius 2 is 1.62 bits per heavy atom. The number of hydrogen-bond acceptors (Lipinski definition) is 5. The fourth-order valence-electron chi connectivity index (χ4n) is 3.31. The molecule has 0 aliphatic carbocycles. The standard InChI is InChI=1S/C24H24N2O5S/c1-18-7-9-19(10-8-18)16-25-24(27)17-26(32(28,29)21-5-3-2-4-6-21)20-11-12-22-23(15-20)31-14-13-30-22/h2-12,15H,13-14,16-17H2,1H3,(H,25,27). The third kappa shape index (κ3) is 4.86. The highest BCUT2D eigenvalue weighted by Gasteiger charge is 2.28. The van der Waals surface area contributed by atoms with Gasteiger partial charge in [-0.25, -0.2) is 8.42 Å². The minimum absolute atomic E-state index is 0.0984. The van der Waals surface area contributed by atoms with Crippen LogP contribution in [0.2, 0.25) is 0 Å². The molecule has 3 aromatic rings. The van der Waals surface area contributed by atoms with Crippen molar-refractivity contribution >= 4 is 21.6 Å². The summed E-state index contributed by atoms with van der Waals surface area (Å²) in [6.07, 6.45) is 0. The van der Waals surface area contributed by atoms with Gasteiger partial charge in [0.15, 0.2) is 11.5 Å². The molecule has 0 saturated heterocycles. The van der Waals surface area contributed by atoms with Gasteiger partial charge in [0.25, 0.3) is 10.0 Å². The van der Waals surface area contributed by atoms with E-state index in [0.29, 0.717) is 36.9 Å². The average Bonchev–Trinajstić information content (AvgIpc) is 2.82. The summed E-state index contributed by atoms with van der Waals surface area (Å²) in [6.45, 7) is 2.73. The smallest absolute Gasteiger partial charge is 0.264 e. The quantitative estimate of drug-likeness (QED) is 0.595. The fourth-order valence-corrected chi connectivity index (χ4v) is 4.75. The molecule has 1 aliphatic rings. The third-order valence-corrected chi connectivity index (χ3v) is 6.83. The maximum atomic E-state index is 13.4. The van der Waals surface area contributed by atoms with Gasteiger partial charge in [-0.1, -0.05) is 48.0 Å². The number of amides is 1. The number of anilines is 1. The first-order valence-electron chi connectivity index (χ1n) is 10.2. The number of nitrogens with zero attached hydrogens (tertiary/aromatic N) is 1. The Hall–Kier alpha value is -3.52. The fraction of sp³-hybridized carbons (Fsp3) is 0.208. The molecule has 8 heteroatoms. The summed E-state index contributed by atoms with van der Waals surface area (Å²) in [5.74, 6) is 0.572. The number of nitrogens with one attached hydrogen (secondary N) is 1. The third-order valence-electron chi connectivity index (χ3n) is 5.04. The van der Waals surface area contributed by atoms with Crippen LogP contribution in [0.3, 0.4) is 0 Å². The van der Waals surface area contributed by atoms with Crippen LogP contribution in [0, 0.1) is 6.92 Å². The molecule has 3 aromatic carbocycles. The lowest BCUT2D eigenvalue weighted by Gasteiger charge is -2.26. The maximum absolute atomic E-state index is 13.4. The summed E-state index contributed by atoms with van der Waals surface area (Å²) in [5, 5.41) is 2.80. The second-order valence-electron chi connectivity index (χ2n) is 7.42. The van der Waals surface area contributed by atoms with E-state index in [0.717, 1.165) is 15.4 Å². The Balaban J connectivity index is 1.60. The van der Waals surface area contributed by atoms with Crippen molar-refractivity contribution in [1.29, 1.82) is 0 Å². The highest BCUT2D eigenvalue weighted by atomic mass is 32.2. The molecule has 7 nitrogen and oxygen atoms in total. The predicted molar refractivity (Wildman–Crippen MR) is 121 cm³/mol. The Bertz CT molecular complexity index is 1190. The van der Waals surface area contributed by atoms with Gasteiger partial charge in [-0.05, 0) is 36.8 Å². The van der Waals surface area contributed by atoms with E-state index in [1.165, 1.54) is 12.1 Å². The van der Waals surface area contributed by atoms with Gasteiger partial charge >= 0.3 is 0 Å². The Labute approximate surface area is 187 Å². The number of hydrogen-bond donors (Lipinski definition) is 1. The molecule has 4 rings (SSSR count). The van der Waals surface area contributed by atoms with Crippen LogP contribution >= 0.6 is 0 Å². The van der Waals surface area contributed by atoms with Crippen molar-refractivity contribution < 1.29 is 22.7 Å². The maximum Gasteiger partial charge on any atom is 0.264 e. The molecule has 0 radical (unpaired) electrons. The Morgan fingerprint density at radius 1 is 0.938 bits per heavy atom. The molecule has 0 atom stereocenters. The molecule has 1 heterocycles. The second kappa shape index (κ2) is 9.32. The van der Waals surface area contributed by atoms with E-state index in [2.05, 4.69) is 5.32 Å². The van der Waals surface area contributed by atoms with Crippen molar-refractivity contribution in [2.75, 3.05) is 24.1 Å². The molecule has 1 amide bonds. The second-order valence-corrected chi connectivity index (χ2v) is 9.28. The number of carbonyl (C=O) groups is 1. The number of rotatable bonds is 7. The minimum atomic E-state index is -3.99. The summed E-state index contributed by atoms with van der Waals surface area (Å²) < 4.78 is 39.1. The van der Waals surface area contributed by atoms with Gasteiger partial charge in [0, 0.05) is 12.6 Å². The van der Waals surface area contributed by atoms with Gasteiger partial charge in [-0.2, -0.15) is 0 Å². The van der Waals surface area contributed by atoms with E-state index in [4.69, 9.17) is 9.47 Å². The zero-order valence-electron chi connectivity index (χ0n) is 17.7. The molecule has 0 spiro atoms. The van der Waals surface area contributed by atoms with E-state index in [1.807, 2.05) is 31.2 Å². The first kappa shape index (κ1) is 21.7. The minimum Gasteiger partial charge on any atom is -0.486 e. The number of fused-ring (bicyclic) bond motifs is 1. The van der Waals surface area contributed by atoms with Crippen molar-refractivity contribution in [2.45, 2.75) is 18.4 Å². The monoisotopic (exact) mass is 452 g/mol. The molecule has 166 valence electrons. The summed E-state index contributed by atoms with van der Waals surface area (Å²) in [4.78, 5) is 12.9. The van der Waals surface area contributed by atoms with Crippen molar-refractivity contribution in [1.82, 2.24) is 5.32 Å². The van der Waals surface area contributed by atoms with Crippen LogP contribution in [-0.4, -0.2) is 34.1 Å². The van der Waals surface area contributed by atoms with Gasteiger partial charge in [0.2, 0.25) is 5.91 Å². The molecule has 0 saturated carbocycles. The predicted octanol–water partition coefficient (Wildman–Crippen LogP) is 3.28. The van der Waals surface area contributed by atoms with Crippen LogP contribution < -0.4 is 19.1 Å². The zero-order chi connectivity index (χ0) is 22.6. The number of sulfonamides is 1. The lowest BCUT2D eigenvalue weighted by Crippen LogP contribution is -2.40. The van der Waals surface area contributed by atoms with Gasteiger partial charge in [0.05, 0.1) is 10.6 Å². The van der Waals surface area contributed by atoms with E-state index < -0.39 is 15.9 Å². The number of ether oxygens (including phenoxy) is 2. The van der Waals surface area contributed by atoms with E-state index >= 15 is 0 Å². The van der Waals surface area contributed by atoms with Crippen LogP contribution in [0.15, 0.2) is 77.7 Å². The van der Waals surface area contributed by atoms with E-state index in [-0.39, 0.29) is 11.4 Å². The lowest BCUT2D eigenvalue weighted by molar-refractivity contribution is -0.119. The molecule has 1 N–H and O–H groups in total. The van der Waals surface area contributed by atoms with Gasteiger partial charge in [-0.3, -0.25) is 9.10 Å². The van der Waals surface area contributed by atoms with Crippen LogP contribution in [-0.2, 0) is 21.4 Å². The average molecular weight is 453 g/mol. The van der Waals surface area contributed by atoms with Crippen LogP contribution in [0.1, 0.15) is 11.1 Å². The molecular weight excluding hydrogens is 428 g/mol. The van der Waals surface area contributed by atoms with Crippen molar-refractivity contribution in [2.24, 2.45) is 0 Å². The molecule has 0 unspecified atom stereocenters. The normalized spacial score (nSPS) is 12.8. The van der Waals surface area contributed by atoms with Gasteiger partial charge < -0.3 is 14.8 Å². The zero-order valence-corrected chi connectivity index (χ0v) is 18.5. The SMILES string of the molecule is Cc1ccc(CNC(=O)CN(c2ccc3c(c2)OCCO3)S(=O)(=O)c2ccccc2)cc1. The van der Waals surface area contributed by atoms with Crippen LogP contribution in [0.4, 0.5) is 5.69 Å². The number of carbonyl (C=O) groups excluding carboxylic acids is 1. The number of aryl methyl sites for hydroxylation is 1. The largest absolute Gasteiger partial charge is 0.486 e. The summed E-state index contributed by atoms with van der Waals surface area (Å²) in [7, 11) is -3.99. The molecule has 0 fully saturated rings. The highest BCUT2D eigenvalue weighted by molar-refractivity contribution is 7.92. The first-order chi connectivity index (χ1) is 15.4. The van der Waals surface area contributed by atoms with E-state index in [1.54, 1.807) is 36.4 Å². The number of benzene rings is 3. The first-order valence-corrected chi connectivity index (χ1v) is 11.7. The van der Waals surface area contributed by atoms with Crippen molar-refractivity contribution in [3.63, 3.8) is 0 Å². The Kier molecular flexibility index (Phi) is 6.32. The topological polar surface area (TPSA) is 84.9 Å². The molecule has 1 aliphatic heterocycles. The van der Waals surface area contributed by atoms with Crippen LogP contribution in [0.5, 0.6) is 11.5 Å². The summed E-state index contributed by atoms with van der Waals surface area (Å²) in [6, 6.07) is 20.7. The molecular formula is C24H24N2O5S. The molecule has 32 heavy (non-hydrogen) atoms. The summed E-state index contributed by atoms with van der Waals surface area (Å²) in [5.41, 5.74) is 2.38.